The normalized spacial score (nSPS) is 26.1. The van der Waals surface area contributed by atoms with Gasteiger partial charge in [0, 0.05) is 44.8 Å². The van der Waals surface area contributed by atoms with Crippen LogP contribution in [0.3, 0.4) is 0 Å². The molecule has 10 heteroatoms. The fraction of sp³-hybridized carbons (Fsp3) is 0.667. The van der Waals surface area contributed by atoms with Crippen molar-refractivity contribution in [2.45, 2.75) is 51.8 Å². The molecule has 0 bridgehead atoms. The number of aliphatic carboxylic acids is 1. The van der Waals surface area contributed by atoms with Crippen molar-refractivity contribution in [3.8, 4) is 5.75 Å². The first kappa shape index (κ1) is 26.1. The molecule has 3 unspecified atom stereocenters. The average Bonchev–Trinajstić information content (AvgIpc) is 3.44. The zero-order chi connectivity index (χ0) is 25.1. The first-order chi connectivity index (χ1) is 16.0. The highest BCUT2D eigenvalue weighted by Crippen LogP contribution is 2.41. The second kappa shape index (κ2) is 10.4. The Kier molecular flexibility index (Phi) is 8.00. The maximum atomic E-state index is 12.3. The van der Waals surface area contributed by atoms with Crippen LogP contribution in [0.5, 0.6) is 5.75 Å². The number of nitrogens with zero attached hydrogens (tertiary/aromatic N) is 2. The second-order valence-corrected chi connectivity index (χ2v) is 9.51. The van der Waals surface area contributed by atoms with Crippen molar-refractivity contribution in [3.05, 3.63) is 24.3 Å². The van der Waals surface area contributed by atoms with Gasteiger partial charge in [0.1, 0.15) is 11.9 Å². The van der Waals surface area contributed by atoms with E-state index in [2.05, 4.69) is 23.6 Å². The highest BCUT2D eigenvalue weighted by molar-refractivity contribution is 5.79. The van der Waals surface area contributed by atoms with Gasteiger partial charge in [0.05, 0.1) is 5.41 Å². The number of hydrogen-bond acceptors (Lipinski definition) is 6. The molecule has 4 rings (SSSR count). The van der Waals surface area contributed by atoms with Crippen LogP contribution < -0.4 is 4.90 Å². The largest absolute Gasteiger partial charge is 0.508 e. The molecule has 2 N–H and O–H groups in total. The summed E-state index contributed by atoms with van der Waals surface area (Å²) in [5, 5.41) is 16.6. The van der Waals surface area contributed by atoms with Crippen LogP contribution in [0, 0.1) is 17.3 Å². The van der Waals surface area contributed by atoms with E-state index in [1.807, 2.05) is 12.1 Å². The van der Waals surface area contributed by atoms with Gasteiger partial charge in [0.25, 0.3) is 0 Å². The van der Waals surface area contributed by atoms with Crippen LogP contribution >= 0.6 is 0 Å². The van der Waals surface area contributed by atoms with E-state index < -0.39 is 12.1 Å². The summed E-state index contributed by atoms with van der Waals surface area (Å²) >= 11 is 0. The number of carboxylic acid groups (broad SMARTS) is 1. The van der Waals surface area contributed by atoms with Gasteiger partial charge >= 0.3 is 18.1 Å². The smallest absolute Gasteiger partial charge is 0.490 e. The predicted octanol–water partition coefficient (Wildman–Crippen LogP) is 3.91. The quantitative estimate of drug-likeness (QED) is 0.590. The highest BCUT2D eigenvalue weighted by atomic mass is 19.4. The van der Waals surface area contributed by atoms with Gasteiger partial charge in [-0.15, -0.1) is 0 Å². The molecular weight excluding hydrogens is 453 g/mol. The molecule has 1 aromatic carbocycles. The molecule has 3 heterocycles. The van der Waals surface area contributed by atoms with Crippen LogP contribution in [0.25, 0.3) is 0 Å². The van der Waals surface area contributed by atoms with Crippen LogP contribution in [0.15, 0.2) is 24.3 Å². The molecule has 3 atom stereocenters. The summed E-state index contributed by atoms with van der Waals surface area (Å²) in [7, 11) is 0. The fourth-order valence-corrected chi connectivity index (χ4v) is 5.30. The predicted molar refractivity (Wildman–Crippen MR) is 120 cm³/mol. The van der Waals surface area contributed by atoms with E-state index >= 15 is 0 Å². The average molecular weight is 487 g/mol. The monoisotopic (exact) mass is 486 g/mol. The zero-order valence-corrected chi connectivity index (χ0v) is 19.6. The summed E-state index contributed by atoms with van der Waals surface area (Å²) in [6.07, 6.45) is -1.34. The first-order valence-electron chi connectivity index (χ1n) is 11.7. The van der Waals surface area contributed by atoms with Crippen molar-refractivity contribution in [2.75, 3.05) is 37.6 Å². The summed E-state index contributed by atoms with van der Waals surface area (Å²) in [5.41, 5.74) is 0.985. The van der Waals surface area contributed by atoms with Gasteiger partial charge in [-0.2, -0.15) is 13.2 Å². The minimum atomic E-state index is -5.08. The van der Waals surface area contributed by atoms with Crippen molar-refractivity contribution >= 4 is 17.6 Å². The molecule has 0 radical (unpaired) electrons. The summed E-state index contributed by atoms with van der Waals surface area (Å²) in [6, 6.07) is 7.56. The number of likely N-dealkylation sites (tertiary alicyclic amines) is 1. The molecule has 3 saturated heterocycles. The van der Waals surface area contributed by atoms with E-state index in [1.54, 1.807) is 12.1 Å². The minimum absolute atomic E-state index is 0.0281. The Morgan fingerprint density at radius 2 is 1.62 bits per heavy atom. The van der Waals surface area contributed by atoms with Gasteiger partial charge in [-0.25, -0.2) is 4.79 Å². The zero-order valence-electron chi connectivity index (χ0n) is 19.6. The summed E-state index contributed by atoms with van der Waals surface area (Å²) in [5.74, 6) is -0.967. The van der Waals surface area contributed by atoms with E-state index in [4.69, 9.17) is 14.6 Å². The molecule has 0 aliphatic carbocycles. The van der Waals surface area contributed by atoms with Crippen molar-refractivity contribution in [3.63, 3.8) is 0 Å². The van der Waals surface area contributed by atoms with Crippen LogP contribution in [-0.2, 0) is 14.3 Å². The number of rotatable bonds is 6. The number of anilines is 1. The molecule has 0 amide bonds. The minimum Gasteiger partial charge on any atom is -0.508 e. The lowest BCUT2D eigenvalue weighted by Crippen LogP contribution is -2.30. The standard InChI is InChI=1S/C22H32N2O3.C2HF3O2/c1-3-22(4-2)11-20(27-21(22)26)9-10-23-12-16-14-24(15-17(16)13-23)18-5-7-19(25)8-6-18;3-2(4,5)1(6)7/h5-8,16-17,20,25H,3-4,9-15H2,1-2H3;(H,6,7). The topological polar surface area (TPSA) is 90.3 Å². The van der Waals surface area contributed by atoms with E-state index in [0.717, 1.165) is 70.2 Å². The number of carbonyl (C=O) groups excluding carboxylic acids is 1. The van der Waals surface area contributed by atoms with E-state index in [9.17, 15) is 23.1 Å². The van der Waals surface area contributed by atoms with Gasteiger partial charge in [-0.3, -0.25) is 4.79 Å². The van der Waals surface area contributed by atoms with Gasteiger partial charge in [-0.1, -0.05) is 13.8 Å². The summed E-state index contributed by atoms with van der Waals surface area (Å²) in [4.78, 5) is 26.2. The van der Waals surface area contributed by atoms with Crippen LogP contribution in [0.1, 0.15) is 39.5 Å². The van der Waals surface area contributed by atoms with E-state index in [1.165, 1.54) is 5.69 Å². The number of esters is 1. The number of ether oxygens (including phenoxy) is 1. The maximum absolute atomic E-state index is 12.3. The van der Waals surface area contributed by atoms with Gasteiger partial charge in [0.2, 0.25) is 0 Å². The van der Waals surface area contributed by atoms with Crippen molar-refractivity contribution in [1.82, 2.24) is 4.90 Å². The molecule has 7 nitrogen and oxygen atoms in total. The molecule has 3 aliphatic heterocycles. The number of cyclic esters (lactones) is 1. The molecule has 0 aromatic heterocycles. The number of halogens is 3. The number of benzene rings is 1. The Bertz CT molecular complexity index is 843. The molecule has 34 heavy (non-hydrogen) atoms. The van der Waals surface area contributed by atoms with Crippen LogP contribution in [-0.4, -0.2) is 72.1 Å². The number of alkyl halides is 3. The third-order valence-corrected chi connectivity index (χ3v) is 7.47. The number of carbonyl (C=O) groups is 2. The molecule has 190 valence electrons. The fourth-order valence-electron chi connectivity index (χ4n) is 5.30. The van der Waals surface area contributed by atoms with Crippen molar-refractivity contribution < 1.29 is 37.7 Å². The van der Waals surface area contributed by atoms with Crippen LogP contribution in [0.4, 0.5) is 18.9 Å². The van der Waals surface area contributed by atoms with E-state index in [0.29, 0.717) is 5.75 Å². The Morgan fingerprint density at radius 1 is 1.09 bits per heavy atom. The Labute approximate surface area is 197 Å². The lowest BCUT2D eigenvalue weighted by molar-refractivity contribution is -0.192. The molecule has 3 fully saturated rings. The summed E-state index contributed by atoms with van der Waals surface area (Å²) in [6.45, 7) is 9.73. The second-order valence-electron chi connectivity index (χ2n) is 9.51. The van der Waals surface area contributed by atoms with Crippen molar-refractivity contribution in [2.24, 2.45) is 17.3 Å². The number of phenolic OH excluding ortho intramolecular Hbond substituents is 1. The third-order valence-electron chi connectivity index (χ3n) is 7.47. The van der Waals surface area contributed by atoms with Gasteiger partial charge in [0.15, 0.2) is 0 Å². The number of hydrogen-bond donors (Lipinski definition) is 2. The molecule has 0 spiro atoms. The lowest BCUT2D eigenvalue weighted by atomic mass is 9.79. The molecule has 1 aromatic rings. The molecule has 3 aliphatic rings. The number of fused-ring (bicyclic) bond motifs is 1. The summed E-state index contributed by atoms with van der Waals surface area (Å²) < 4.78 is 37.4. The maximum Gasteiger partial charge on any atom is 0.490 e. The Morgan fingerprint density at radius 3 is 2.06 bits per heavy atom. The number of aromatic hydroxyl groups is 1. The van der Waals surface area contributed by atoms with Gasteiger partial charge in [-0.05, 0) is 55.4 Å². The Balaban J connectivity index is 0.000000406. The first-order valence-corrected chi connectivity index (χ1v) is 11.7. The van der Waals surface area contributed by atoms with Crippen molar-refractivity contribution in [1.29, 1.82) is 0 Å². The van der Waals surface area contributed by atoms with Crippen LogP contribution in [0.2, 0.25) is 0 Å². The molecule has 0 saturated carbocycles. The third kappa shape index (κ3) is 5.95. The highest BCUT2D eigenvalue weighted by Gasteiger charge is 2.46. The SMILES string of the molecule is CCC1(CC)CC(CCN2CC3CN(c4ccc(O)cc4)CC3C2)OC1=O.O=C(O)C(F)(F)F. The molecular formula is C24H33F3N2O5. The van der Waals surface area contributed by atoms with Gasteiger partial charge < -0.3 is 24.7 Å². The number of carboxylic acids is 1. The van der Waals surface area contributed by atoms with E-state index in [-0.39, 0.29) is 17.5 Å². The Hall–Kier alpha value is -2.49. The number of phenols is 1. The lowest BCUT2D eigenvalue weighted by Gasteiger charge is -2.24.